The number of rotatable bonds is 3. The molecule has 2 atom stereocenters. The first-order valence-electron chi connectivity index (χ1n) is 7.22. The van der Waals surface area contributed by atoms with Crippen LogP contribution in [0.3, 0.4) is 0 Å². The normalized spacial score (nSPS) is 32.4. The minimum absolute atomic E-state index is 0.511. The van der Waals surface area contributed by atoms with Gasteiger partial charge in [-0.3, -0.25) is 0 Å². The molecule has 18 heavy (non-hydrogen) atoms. The van der Waals surface area contributed by atoms with Gasteiger partial charge in [0.1, 0.15) is 0 Å². The molecule has 0 amide bonds. The van der Waals surface area contributed by atoms with E-state index in [4.69, 9.17) is 4.42 Å². The van der Waals surface area contributed by atoms with Crippen molar-refractivity contribution < 1.29 is 4.42 Å². The van der Waals surface area contributed by atoms with Gasteiger partial charge in [0.2, 0.25) is 5.89 Å². The van der Waals surface area contributed by atoms with Crippen molar-refractivity contribution in [3.05, 3.63) is 5.89 Å². The van der Waals surface area contributed by atoms with Gasteiger partial charge in [-0.25, -0.2) is 0 Å². The summed E-state index contributed by atoms with van der Waals surface area (Å²) < 4.78 is 5.67. The molecule has 0 spiro atoms. The summed E-state index contributed by atoms with van der Waals surface area (Å²) >= 11 is 0. The second-order valence-electron chi connectivity index (χ2n) is 5.92. The van der Waals surface area contributed by atoms with Gasteiger partial charge >= 0.3 is 6.01 Å². The first-order chi connectivity index (χ1) is 8.88. The Balaban J connectivity index is 1.38. The zero-order valence-electron chi connectivity index (χ0n) is 10.6. The van der Waals surface area contributed by atoms with Crippen LogP contribution in [0.5, 0.6) is 0 Å². The summed E-state index contributed by atoms with van der Waals surface area (Å²) in [6, 6.07) is 1.92. The lowest BCUT2D eigenvalue weighted by molar-refractivity contribution is 0.187. The van der Waals surface area contributed by atoms with Crippen molar-refractivity contribution in [3.8, 4) is 0 Å². The summed E-state index contributed by atoms with van der Waals surface area (Å²) in [6.07, 6.45) is 7.56. The Labute approximate surface area is 107 Å². The van der Waals surface area contributed by atoms with E-state index in [2.05, 4.69) is 20.4 Å². The zero-order valence-corrected chi connectivity index (χ0v) is 10.6. The highest BCUT2D eigenvalue weighted by molar-refractivity contribution is 5.21. The summed E-state index contributed by atoms with van der Waals surface area (Å²) in [4.78, 5) is 2.63. The van der Waals surface area contributed by atoms with E-state index >= 15 is 0 Å². The topological polar surface area (TPSA) is 54.2 Å². The van der Waals surface area contributed by atoms with Crippen LogP contribution in [-0.4, -0.2) is 40.3 Å². The molecule has 0 aromatic carbocycles. The second kappa shape index (κ2) is 4.23. The Kier molecular flexibility index (Phi) is 2.53. The molecule has 1 saturated carbocycles. The summed E-state index contributed by atoms with van der Waals surface area (Å²) in [7, 11) is 0. The van der Waals surface area contributed by atoms with Crippen LogP contribution in [-0.2, 0) is 0 Å². The molecule has 0 bridgehead atoms. The molecule has 3 fully saturated rings. The van der Waals surface area contributed by atoms with Gasteiger partial charge in [-0.2, -0.15) is 0 Å². The van der Waals surface area contributed by atoms with E-state index in [0.717, 1.165) is 11.9 Å². The van der Waals surface area contributed by atoms with Crippen molar-refractivity contribution in [2.24, 2.45) is 0 Å². The number of hydrogen-bond donors (Lipinski definition) is 1. The van der Waals surface area contributed by atoms with Crippen molar-refractivity contribution >= 4 is 6.01 Å². The van der Waals surface area contributed by atoms with Crippen molar-refractivity contribution in [1.29, 1.82) is 0 Å². The maximum absolute atomic E-state index is 5.67. The molecular formula is C13H20N4O. The van der Waals surface area contributed by atoms with Crippen molar-refractivity contribution in [2.45, 2.75) is 56.5 Å². The Morgan fingerprint density at radius 1 is 1.11 bits per heavy atom. The Hall–Kier alpha value is -1.10. The smallest absolute Gasteiger partial charge is 0.315 e. The summed E-state index contributed by atoms with van der Waals surface area (Å²) in [5.41, 5.74) is 0. The summed E-state index contributed by atoms with van der Waals surface area (Å²) in [6.45, 7) is 2.51. The largest absolute Gasteiger partial charge is 0.408 e. The lowest BCUT2D eigenvalue weighted by Crippen LogP contribution is -2.42. The van der Waals surface area contributed by atoms with Crippen LogP contribution in [0.4, 0.5) is 6.01 Å². The maximum Gasteiger partial charge on any atom is 0.315 e. The molecule has 4 rings (SSSR count). The number of piperidine rings is 1. The van der Waals surface area contributed by atoms with Gasteiger partial charge in [-0.1, -0.05) is 5.10 Å². The number of nitrogens with zero attached hydrogens (tertiary/aromatic N) is 3. The predicted octanol–water partition coefficient (Wildman–Crippen LogP) is 1.99. The molecule has 1 N–H and O–H groups in total. The second-order valence-corrected chi connectivity index (χ2v) is 5.92. The monoisotopic (exact) mass is 248 g/mol. The van der Waals surface area contributed by atoms with Gasteiger partial charge in [-0.05, 0) is 45.1 Å². The van der Waals surface area contributed by atoms with Crippen molar-refractivity contribution in [3.63, 3.8) is 0 Å². The number of hydrogen-bond acceptors (Lipinski definition) is 5. The third kappa shape index (κ3) is 2.00. The van der Waals surface area contributed by atoms with E-state index in [0.29, 0.717) is 18.0 Å². The average Bonchev–Trinajstić information content (AvgIpc) is 2.95. The van der Waals surface area contributed by atoms with Gasteiger partial charge in [-0.15, -0.1) is 5.10 Å². The summed E-state index contributed by atoms with van der Waals surface area (Å²) in [5.74, 6) is 1.38. The van der Waals surface area contributed by atoms with Gasteiger partial charge < -0.3 is 14.6 Å². The molecule has 2 unspecified atom stereocenters. The van der Waals surface area contributed by atoms with Crippen LogP contribution in [0.15, 0.2) is 4.42 Å². The highest BCUT2D eigenvalue weighted by Gasteiger charge is 2.33. The standard InChI is InChI=1S/C13H20N4O/c1-2-11-8-10(5-7-17(11)6-1)14-13-16-15-12(18-13)9-3-4-9/h9-11H,1-8H2,(H,14,16). The molecule has 0 radical (unpaired) electrons. The van der Waals surface area contributed by atoms with E-state index in [1.54, 1.807) is 0 Å². The van der Waals surface area contributed by atoms with Crippen LogP contribution in [0, 0.1) is 0 Å². The highest BCUT2D eigenvalue weighted by Crippen LogP contribution is 2.39. The summed E-state index contributed by atoms with van der Waals surface area (Å²) in [5, 5.41) is 11.7. The molecule has 3 heterocycles. The van der Waals surface area contributed by atoms with Crippen LogP contribution in [0.25, 0.3) is 0 Å². The van der Waals surface area contributed by atoms with Crippen molar-refractivity contribution in [2.75, 3.05) is 18.4 Å². The molecule has 1 aromatic rings. The molecule has 5 nitrogen and oxygen atoms in total. The molecule has 1 aliphatic carbocycles. The quantitative estimate of drug-likeness (QED) is 0.886. The maximum atomic E-state index is 5.67. The first kappa shape index (κ1) is 10.8. The fourth-order valence-electron chi connectivity index (χ4n) is 3.32. The Morgan fingerprint density at radius 3 is 2.94 bits per heavy atom. The third-order valence-corrected chi connectivity index (χ3v) is 4.52. The van der Waals surface area contributed by atoms with Gasteiger partial charge in [0.15, 0.2) is 0 Å². The SMILES string of the molecule is C1CC2CC(Nc3nnc(C4CC4)o3)CCN2C1. The lowest BCUT2D eigenvalue weighted by atomic mass is 9.98. The first-order valence-corrected chi connectivity index (χ1v) is 7.22. The van der Waals surface area contributed by atoms with Crippen LogP contribution in [0.2, 0.25) is 0 Å². The number of anilines is 1. The number of aromatic nitrogens is 2. The average molecular weight is 248 g/mol. The van der Waals surface area contributed by atoms with E-state index in [1.165, 1.54) is 51.6 Å². The van der Waals surface area contributed by atoms with E-state index in [9.17, 15) is 0 Å². The minimum Gasteiger partial charge on any atom is -0.408 e. The minimum atomic E-state index is 0.511. The molecule has 2 aliphatic heterocycles. The lowest BCUT2D eigenvalue weighted by Gasteiger charge is -2.34. The van der Waals surface area contributed by atoms with Crippen LogP contribution < -0.4 is 5.32 Å². The third-order valence-electron chi connectivity index (χ3n) is 4.52. The Bertz CT molecular complexity index is 428. The Morgan fingerprint density at radius 2 is 2.06 bits per heavy atom. The molecule has 98 valence electrons. The molecule has 1 aromatic heterocycles. The van der Waals surface area contributed by atoms with Gasteiger partial charge in [0, 0.05) is 24.5 Å². The molecule has 3 aliphatic rings. The van der Waals surface area contributed by atoms with E-state index in [1.807, 2.05) is 0 Å². The van der Waals surface area contributed by atoms with E-state index in [-0.39, 0.29) is 0 Å². The predicted molar refractivity (Wildman–Crippen MR) is 67.5 cm³/mol. The highest BCUT2D eigenvalue weighted by atomic mass is 16.4. The van der Waals surface area contributed by atoms with E-state index < -0.39 is 0 Å². The van der Waals surface area contributed by atoms with Gasteiger partial charge in [0.05, 0.1) is 0 Å². The number of fused-ring (bicyclic) bond motifs is 1. The van der Waals surface area contributed by atoms with Gasteiger partial charge in [0.25, 0.3) is 0 Å². The molecule has 2 saturated heterocycles. The van der Waals surface area contributed by atoms with Crippen LogP contribution in [0.1, 0.15) is 50.3 Å². The zero-order chi connectivity index (χ0) is 11.9. The van der Waals surface area contributed by atoms with Crippen molar-refractivity contribution in [1.82, 2.24) is 15.1 Å². The molecular weight excluding hydrogens is 228 g/mol. The molecule has 5 heteroatoms. The van der Waals surface area contributed by atoms with Crippen LogP contribution >= 0.6 is 0 Å². The number of nitrogens with one attached hydrogen (secondary N) is 1. The fraction of sp³-hybridized carbons (Fsp3) is 0.846. The fourth-order valence-corrected chi connectivity index (χ4v) is 3.32.